The monoisotopic (exact) mass is 1310 g/mol. The van der Waals surface area contributed by atoms with Crippen LogP contribution in [0.2, 0.25) is 0 Å². The number of carbonyl (C=O) groups excluding carboxylic acids is 4. The zero-order valence-electron chi connectivity index (χ0n) is 58.1. The first-order valence-electron chi connectivity index (χ1n) is 36.2. The molecule has 0 spiro atoms. The van der Waals surface area contributed by atoms with Crippen LogP contribution in [0.25, 0.3) is 0 Å². The van der Waals surface area contributed by atoms with Crippen molar-refractivity contribution in [3.8, 4) is 0 Å². The fourth-order valence-electron chi connectivity index (χ4n) is 10.5. The van der Waals surface area contributed by atoms with E-state index in [1.165, 1.54) is 141 Å². The maximum absolute atomic E-state index is 13.0. The summed E-state index contributed by atoms with van der Waals surface area (Å²) >= 11 is 0. The van der Waals surface area contributed by atoms with Crippen molar-refractivity contribution < 1.29 is 80.2 Å². The molecule has 0 saturated carbocycles. The van der Waals surface area contributed by atoms with Gasteiger partial charge in [-0.15, -0.1) is 0 Å². The molecule has 0 bridgehead atoms. The minimum atomic E-state index is -4.95. The van der Waals surface area contributed by atoms with E-state index < -0.39 is 97.5 Å². The molecular weight excluding hydrogens is 1170 g/mol. The van der Waals surface area contributed by atoms with Crippen LogP contribution in [-0.4, -0.2) is 96.7 Å². The van der Waals surface area contributed by atoms with E-state index in [1.54, 1.807) is 0 Å². The van der Waals surface area contributed by atoms with Crippen LogP contribution in [0.15, 0.2) is 0 Å². The van der Waals surface area contributed by atoms with E-state index in [0.717, 1.165) is 108 Å². The molecule has 0 aromatic carbocycles. The van der Waals surface area contributed by atoms with Crippen LogP contribution in [-0.2, 0) is 65.4 Å². The number of esters is 4. The van der Waals surface area contributed by atoms with Gasteiger partial charge in [0.05, 0.1) is 26.4 Å². The van der Waals surface area contributed by atoms with Crippen molar-refractivity contribution in [1.82, 2.24) is 0 Å². The van der Waals surface area contributed by atoms with Gasteiger partial charge in [-0.25, -0.2) is 9.13 Å². The van der Waals surface area contributed by atoms with Crippen molar-refractivity contribution in [3.63, 3.8) is 0 Å². The molecule has 3 N–H and O–H groups in total. The lowest BCUT2D eigenvalue weighted by Gasteiger charge is -2.21. The molecule has 0 rings (SSSR count). The summed E-state index contributed by atoms with van der Waals surface area (Å²) in [6.07, 6.45) is 42.1. The first kappa shape index (κ1) is 87.1. The number of ether oxygens (including phenoxy) is 4. The fourth-order valence-corrected chi connectivity index (χ4v) is 12.1. The molecule has 5 atom stereocenters. The lowest BCUT2D eigenvalue weighted by Crippen LogP contribution is -2.30. The largest absolute Gasteiger partial charge is 0.472 e. The number of unbranched alkanes of at least 4 members (excludes halogenated alkanes) is 33. The molecule has 0 aliphatic carbocycles. The standard InChI is InChI=1S/C70H136O17P2/c1-60(2)46-38-30-22-18-15-13-11-9-10-12-14-16-20-25-36-44-52-69(74)86-65(57-81-68(73)51-43-35-28-26-32-40-48-62(5)6)58-84-88(76,77)82-54-64(71)55-83-89(78,79)85-59-66(87-70(75)53-45-37-29-27-33-41-49-63(7)8)56-80-67(72)50-42-34-24-21-17-19-23-31-39-47-61(3)4/h60-66,71H,9-59H2,1-8H3,(H,76,77)(H,78,79)/t64?,65-,66-/m1/s1. The molecule has 0 radical (unpaired) electrons. The number of hydrogen-bond donors (Lipinski definition) is 3. The van der Waals surface area contributed by atoms with Gasteiger partial charge in [-0.2, -0.15) is 0 Å². The highest BCUT2D eigenvalue weighted by Gasteiger charge is 2.30. The molecule has 3 unspecified atom stereocenters. The van der Waals surface area contributed by atoms with Gasteiger partial charge < -0.3 is 33.8 Å². The Morgan fingerprint density at radius 1 is 0.281 bits per heavy atom. The zero-order valence-corrected chi connectivity index (χ0v) is 59.8. The summed E-state index contributed by atoms with van der Waals surface area (Å²) in [5, 5.41) is 10.6. The quantitative estimate of drug-likeness (QED) is 0.0222. The summed E-state index contributed by atoms with van der Waals surface area (Å²) in [5.74, 6) is 0.766. The lowest BCUT2D eigenvalue weighted by molar-refractivity contribution is -0.161. The second-order valence-corrected chi connectivity index (χ2v) is 30.1. The van der Waals surface area contributed by atoms with Crippen molar-refractivity contribution in [3.05, 3.63) is 0 Å². The van der Waals surface area contributed by atoms with Crippen molar-refractivity contribution in [2.24, 2.45) is 23.7 Å². The molecule has 0 aliphatic rings. The minimum absolute atomic E-state index is 0.101. The fraction of sp³-hybridized carbons (Fsp3) is 0.943. The topological polar surface area (TPSA) is 237 Å². The predicted octanol–water partition coefficient (Wildman–Crippen LogP) is 19.7. The van der Waals surface area contributed by atoms with E-state index >= 15 is 0 Å². The Balaban J connectivity index is 5.17. The average molecular weight is 1310 g/mol. The Kier molecular flexibility index (Phi) is 58.5. The molecule has 0 aliphatic heterocycles. The first-order chi connectivity index (χ1) is 42.6. The molecule has 0 heterocycles. The van der Waals surface area contributed by atoms with Gasteiger partial charge in [0.2, 0.25) is 0 Å². The Morgan fingerprint density at radius 3 is 0.697 bits per heavy atom. The molecule has 0 aromatic rings. The molecule has 89 heavy (non-hydrogen) atoms. The van der Waals surface area contributed by atoms with Gasteiger partial charge in [-0.3, -0.25) is 37.3 Å². The third kappa shape index (κ3) is 64.6. The maximum Gasteiger partial charge on any atom is 0.472 e. The number of aliphatic hydroxyl groups excluding tert-OH is 1. The van der Waals surface area contributed by atoms with Gasteiger partial charge in [-0.1, -0.05) is 293 Å². The summed E-state index contributed by atoms with van der Waals surface area (Å²) in [4.78, 5) is 72.4. The smallest absolute Gasteiger partial charge is 0.462 e. The highest BCUT2D eigenvalue weighted by Crippen LogP contribution is 2.45. The van der Waals surface area contributed by atoms with Crippen molar-refractivity contribution in [1.29, 1.82) is 0 Å². The van der Waals surface area contributed by atoms with Crippen LogP contribution < -0.4 is 0 Å². The highest BCUT2D eigenvalue weighted by molar-refractivity contribution is 7.47. The number of phosphoric acid groups is 2. The van der Waals surface area contributed by atoms with Crippen molar-refractivity contribution >= 4 is 39.5 Å². The molecular formula is C70H136O17P2. The van der Waals surface area contributed by atoms with Crippen molar-refractivity contribution in [2.75, 3.05) is 39.6 Å². The van der Waals surface area contributed by atoms with Crippen LogP contribution in [0.5, 0.6) is 0 Å². The Morgan fingerprint density at radius 2 is 0.472 bits per heavy atom. The van der Waals surface area contributed by atoms with Crippen LogP contribution in [0, 0.1) is 23.7 Å². The molecule has 0 amide bonds. The number of carbonyl (C=O) groups is 4. The van der Waals surface area contributed by atoms with E-state index in [0.29, 0.717) is 37.5 Å². The number of phosphoric ester groups is 2. The second kappa shape index (κ2) is 59.8. The SMILES string of the molecule is CC(C)CCCCCCCCCCCCCCCCCCC(=O)O[C@H](COC(=O)CCCCCCCCC(C)C)COP(=O)(O)OCC(O)COP(=O)(O)OC[C@@H](COC(=O)CCCCCCCCCCCC(C)C)OC(=O)CCCCCCCCC(C)C. The van der Waals surface area contributed by atoms with Crippen LogP contribution >= 0.6 is 15.6 Å². The summed E-state index contributed by atoms with van der Waals surface area (Å²) in [5.41, 5.74) is 0. The third-order valence-electron chi connectivity index (χ3n) is 16.1. The predicted molar refractivity (Wildman–Crippen MR) is 358 cm³/mol. The molecule has 0 aromatic heterocycles. The van der Waals surface area contributed by atoms with Gasteiger partial charge in [0.15, 0.2) is 12.2 Å². The number of aliphatic hydroxyl groups is 1. The Bertz CT molecular complexity index is 1760. The van der Waals surface area contributed by atoms with Gasteiger partial charge in [0, 0.05) is 25.7 Å². The second-order valence-electron chi connectivity index (χ2n) is 27.2. The summed E-state index contributed by atoms with van der Waals surface area (Å²) in [7, 11) is -9.90. The highest BCUT2D eigenvalue weighted by atomic mass is 31.2. The van der Waals surface area contributed by atoms with Crippen molar-refractivity contribution in [2.45, 2.75) is 363 Å². The van der Waals surface area contributed by atoms with Crippen LogP contribution in [0.4, 0.5) is 0 Å². The molecule has 17 nitrogen and oxygen atoms in total. The average Bonchev–Trinajstić information content (AvgIpc) is 3.68. The summed E-state index contributed by atoms with van der Waals surface area (Å²) < 4.78 is 68.2. The molecule has 0 fully saturated rings. The summed E-state index contributed by atoms with van der Waals surface area (Å²) in [6.45, 7) is 14.0. The Hall–Kier alpha value is -1.94. The third-order valence-corrected chi connectivity index (χ3v) is 18.0. The minimum Gasteiger partial charge on any atom is -0.462 e. The van der Waals surface area contributed by atoms with Gasteiger partial charge in [-0.05, 0) is 49.4 Å². The number of hydrogen-bond acceptors (Lipinski definition) is 15. The van der Waals surface area contributed by atoms with Gasteiger partial charge >= 0.3 is 39.5 Å². The van der Waals surface area contributed by atoms with E-state index in [4.69, 9.17) is 37.0 Å². The van der Waals surface area contributed by atoms with Gasteiger partial charge in [0.25, 0.3) is 0 Å². The van der Waals surface area contributed by atoms with E-state index in [2.05, 4.69) is 55.4 Å². The van der Waals surface area contributed by atoms with Gasteiger partial charge in [0.1, 0.15) is 19.3 Å². The zero-order chi connectivity index (χ0) is 66.1. The lowest BCUT2D eigenvalue weighted by atomic mass is 10.0. The summed E-state index contributed by atoms with van der Waals surface area (Å²) in [6, 6.07) is 0. The van der Waals surface area contributed by atoms with E-state index in [1.807, 2.05) is 0 Å². The van der Waals surface area contributed by atoms with Crippen LogP contribution in [0.1, 0.15) is 344 Å². The molecule has 0 saturated heterocycles. The van der Waals surface area contributed by atoms with Crippen LogP contribution in [0.3, 0.4) is 0 Å². The Labute approximate surface area is 543 Å². The first-order valence-corrected chi connectivity index (χ1v) is 39.2. The van der Waals surface area contributed by atoms with E-state index in [9.17, 15) is 43.2 Å². The number of rotatable bonds is 67. The molecule has 528 valence electrons. The normalized spacial score (nSPS) is 14.3. The maximum atomic E-state index is 13.0. The molecule has 19 heteroatoms. The van der Waals surface area contributed by atoms with E-state index in [-0.39, 0.29) is 25.7 Å².